The third kappa shape index (κ3) is 0.994. The maximum atomic E-state index is 9.60. The van der Waals surface area contributed by atoms with Crippen molar-refractivity contribution < 1.29 is 5.11 Å². The van der Waals surface area contributed by atoms with Crippen molar-refractivity contribution in [3.05, 3.63) is 28.8 Å². The molecule has 2 rings (SSSR count). The van der Waals surface area contributed by atoms with Crippen LogP contribution in [0, 0.1) is 6.92 Å². The number of benzene rings is 1. The van der Waals surface area contributed by atoms with Gasteiger partial charge < -0.3 is 10.8 Å². The first-order valence-corrected chi connectivity index (χ1v) is 4.26. The average Bonchev–Trinajstić information content (AvgIpc) is 2.31. The zero-order valence-electron chi connectivity index (χ0n) is 7.17. The van der Waals surface area contributed by atoms with E-state index in [1.807, 2.05) is 6.92 Å². The lowest BCUT2D eigenvalue weighted by molar-refractivity contribution is 0.463. The molecule has 3 N–H and O–H groups in total. The molecule has 0 aliphatic heterocycles. The number of phenols is 1. The molecule has 0 saturated heterocycles. The molecular weight excluding hydrogens is 150 g/mol. The summed E-state index contributed by atoms with van der Waals surface area (Å²) >= 11 is 0. The first-order valence-electron chi connectivity index (χ1n) is 4.26. The predicted octanol–water partition coefficient (Wildman–Crippen LogP) is 1.65. The molecule has 0 amide bonds. The summed E-state index contributed by atoms with van der Waals surface area (Å²) in [7, 11) is 0. The summed E-state index contributed by atoms with van der Waals surface area (Å²) in [5.74, 6) is 0.370. The summed E-state index contributed by atoms with van der Waals surface area (Å²) < 4.78 is 0. The largest absolute Gasteiger partial charge is 0.508 e. The van der Waals surface area contributed by atoms with Crippen LogP contribution in [0.15, 0.2) is 12.1 Å². The van der Waals surface area contributed by atoms with Crippen LogP contribution in [0.3, 0.4) is 0 Å². The van der Waals surface area contributed by atoms with Gasteiger partial charge >= 0.3 is 0 Å². The summed E-state index contributed by atoms with van der Waals surface area (Å²) in [5, 5.41) is 9.60. The van der Waals surface area contributed by atoms with Crippen LogP contribution < -0.4 is 5.73 Å². The SMILES string of the molecule is Cc1cc(O)c2c(c1)CCC2N. The van der Waals surface area contributed by atoms with Gasteiger partial charge in [0.1, 0.15) is 5.75 Å². The monoisotopic (exact) mass is 163 g/mol. The molecule has 1 aromatic rings. The van der Waals surface area contributed by atoms with Crippen molar-refractivity contribution in [1.29, 1.82) is 0 Å². The van der Waals surface area contributed by atoms with Gasteiger partial charge in [0.05, 0.1) is 0 Å². The van der Waals surface area contributed by atoms with Gasteiger partial charge in [0, 0.05) is 11.6 Å². The summed E-state index contributed by atoms with van der Waals surface area (Å²) in [6, 6.07) is 3.94. The third-order valence-corrected chi connectivity index (χ3v) is 2.48. The Morgan fingerprint density at radius 1 is 1.50 bits per heavy atom. The van der Waals surface area contributed by atoms with E-state index in [1.54, 1.807) is 6.07 Å². The molecule has 2 nitrogen and oxygen atoms in total. The van der Waals surface area contributed by atoms with E-state index in [1.165, 1.54) is 5.56 Å². The highest BCUT2D eigenvalue weighted by Crippen LogP contribution is 2.36. The molecule has 2 heteroatoms. The number of nitrogens with two attached hydrogens (primary N) is 1. The van der Waals surface area contributed by atoms with Gasteiger partial charge in [0.25, 0.3) is 0 Å². The molecular formula is C10H13NO. The van der Waals surface area contributed by atoms with Gasteiger partial charge in [0.15, 0.2) is 0 Å². The van der Waals surface area contributed by atoms with Crippen molar-refractivity contribution in [3.8, 4) is 5.75 Å². The van der Waals surface area contributed by atoms with Gasteiger partial charge in [0.2, 0.25) is 0 Å². The van der Waals surface area contributed by atoms with Gasteiger partial charge in [-0.05, 0) is 37.0 Å². The standard InChI is InChI=1S/C10H13NO/c1-6-4-7-2-3-8(11)10(7)9(12)5-6/h4-5,8,12H,2-3,11H2,1H3. The Hall–Kier alpha value is -1.02. The minimum absolute atomic E-state index is 0.0422. The first-order chi connectivity index (χ1) is 5.68. The molecule has 0 heterocycles. The number of rotatable bonds is 0. The van der Waals surface area contributed by atoms with Crippen molar-refractivity contribution in [2.75, 3.05) is 0 Å². The molecule has 1 aliphatic carbocycles. The molecule has 0 spiro atoms. The number of hydrogen-bond donors (Lipinski definition) is 2. The Balaban J connectivity index is 2.60. The second-order valence-corrected chi connectivity index (χ2v) is 3.50. The van der Waals surface area contributed by atoms with Gasteiger partial charge in [-0.25, -0.2) is 0 Å². The summed E-state index contributed by atoms with van der Waals surface area (Å²) in [4.78, 5) is 0. The average molecular weight is 163 g/mol. The lowest BCUT2D eigenvalue weighted by atomic mass is 10.0. The van der Waals surface area contributed by atoms with Crippen LogP contribution in [0.5, 0.6) is 5.75 Å². The quantitative estimate of drug-likeness (QED) is 0.610. The summed E-state index contributed by atoms with van der Waals surface area (Å²) in [6.07, 6.45) is 1.97. The van der Waals surface area contributed by atoms with Gasteiger partial charge in [-0.3, -0.25) is 0 Å². The lowest BCUT2D eigenvalue weighted by Crippen LogP contribution is -2.05. The zero-order chi connectivity index (χ0) is 8.72. The fraction of sp³-hybridized carbons (Fsp3) is 0.400. The number of phenolic OH excluding ortho intramolecular Hbond substituents is 1. The lowest BCUT2D eigenvalue weighted by Gasteiger charge is -2.07. The number of aromatic hydroxyl groups is 1. The molecule has 0 radical (unpaired) electrons. The van der Waals surface area contributed by atoms with Crippen LogP contribution >= 0.6 is 0 Å². The Morgan fingerprint density at radius 2 is 2.25 bits per heavy atom. The maximum absolute atomic E-state index is 9.60. The van der Waals surface area contributed by atoms with E-state index in [4.69, 9.17) is 5.73 Å². The van der Waals surface area contributed by atoms with Crippen LogP contribution in [0.2, 0.25) is 0 Å². The van der Waals surface area contributed by atoms with Crippen LogP contribution in [0.1, 0.15) is 29.2 Å². The van der Waals surface area contributed by atoms with E-state index < -0.39 is 0 Å². The summed E-state index contributed by atoms with van der Waals surface area (Å²) in [5.41, 5.74) is 9.13. The number of hydrogen-bond acceptors (Lipinski definition) is 2. The van der Waals surface area contributed by atoms with Crippen molar-refractivity contribution >= 4 is 0 Å². The molecule has 64 valence electrons. The highest BCUT2D eigenvalue weighted by molar-refractivity contribution is 5.47. The summed E-state index contributed by atoms with van der Waals surface area (Å²) in [6.45, 7) is 1.99. The van der Waals surface area contributed by atoms with Crippen LogP contribution in [0.25, 0.3) is 0 Å². The Labute approximate surface area is 72.0 Å². The van der Waals surface area contributed by atoms with E-state index in [0.717, 1.165) is 24.0 Å². The Bertz CT molecular complexity index is 320. The normalized spacial score (nSPS) is 21.0. The molecule has 0 saturated carbocycles. The highest BCUT2D eigenvalue weighted by atomic mass is 16.3. The first kappa shape index (κ1) is 7.62. The number of aryl methyl sites for hydroxylation is 2. The minimum Gasteiger partial charge on any atom is -0.508 e. The molecule has 0 fully saturated rings. The van der Waals surface area contributed by atoms with Crippen molar-refractivity contribution in [3.63, 3.8) is 0 Å². The van der Waals surface area contributed by atoms with Gasteiger partial charge in [-0.15, -0.1) is 0 Å². The van der Waals surface area contributed by atoms with E-state index in [9.17, 15) is 5.11 Å². The van der Waals surface area contributed by atoms with Crippen molar-refractivity contribution in [1.82, 2.24) is 0 Å². The molecule has 0 bridgehead atoms. The second kappa shape index (κ2) is 2.49. The Morgan fingerprint density at radius 3 is 3.00 bits per heavy atom. The minimum atomic E-state index is 0.0422. The smallest absolute Gasteiger partial charge is 0.120 e. The Kier molecular flexibility index (Phi) is 1.58. The van der Waals surface area contributed by atoms with Crippen LogP contribution in [-0.4, -0.2) is 5.11 Å². The van der Waals surface area contributed by atoms with Crippen molar-refractivity contribution in [2.24, 2.45) is 5.73 Å². The highest BCUT2D eigenvalue weighted by Gasteiger charge is 2.22. The fourth-order valence-corrected chi connectivity index (χ4v) is 1.94. The molecule has 1 atom stereocenters. The van der Waals surface area contributed by atoms with Gasteiger partial charge in [-0.2, -0.15) is 0 Å². The number of fused-ring (bicyclic) bond motifs is 1. The molecule has 1 aliphatic rings. The van der Waals surface area contributed by atoms with E-state index in [-0.39, 0.29) is 6.04 Å². The van der Waals surface area contributed by atoms with Crippen LogP contribution in [-0.2, 0) is 6.42 Å². The molecule has 1 unspecified atom stereocenters. The molecule has 0 aromatic heterocycles. The van der Waals surface area contributed by atoms with E-state index >= 15 is 0 Å². The van der Waals surface area contributed by atoms with Crippen molar-refractivity contribution in [2.45, 2.75) is 25.8 Å². The topological polar surface area (TPSA) is 46.2 Å². The zero-order valence-corrected chi connectivity index (χ0v) is 7.17. The predicted molar refractivity (Wildman–Crippen MR) is 48.1 cm³/mol. The van der Waals surface area contributed by atoms with Gasteiger partial charge in [-0.1, -0.05) is 6.07 Å². The second-order valence-electron chi connectivity index (χ2n) is 3.50. The van der Waals surface area contributed by atoms with E-state index in [2.05, 4.69) is 6.07 Å². The maximum Gasteiger partial charge on any atom is 0.120 e. The van der Waals surface area contributed by atoms with Crippen LogP contribution in [0.4, 0.5) is 0 Å². The molecule has 12 heavy (non-hydrogen) atoms. The fourth-order valence-electron chi connectivity index (χ4n) is 1.94. The third-order valence-electron chi connectivity index (χ3n) is 2.48. The van der Waals surface area contributed by atoms with E-state index in [0.29, 0.717) is 5.75 Å². The molecule has 1 aromatic carbocycles.